The zero-order valence-electron chi connectivity index (χ0n) is 14.6. The van der Waals surface area contributed by atoms with Gasteiger partial charge in [0.15, 0.2) is 11.5 Å². The van der Waals surface area contributed by atoms with Gasteiger partial charge in [0.2, 0.25) is 6.79 Å². The molecule has 0 unspecified atom stereocenters. The predicted octanol–water partition coefficient (Wildman–Crippen LogP) is 3.81. The summed E-state index contributed by atoms with van der Waals surface area (Å²) >= 11 is 0. The predicted molar refractivity (Wildman–Crippen MR) is 101 cm³/mol. The Morgan fingerprint density at radius 1 is 1.07 bits per heavy atom. The third kappa shape index (κ3) is 3.62. The number of carbonyl (C=O) groups is 1. The molecule has 0 atom stereocenters. The SMILES string of the molecule is COc1ccccc1Nc1cc(C(=O)Nc2ccc3c(c2)OCO3)ccn1. The smallest absolute Gasteiger partial charge is 0.255 e. The van der Waals surface area contributed by atoms with Crippen molar-refractivity contribution in [1.29, 1.82) is 0 Å². The van der Waals surface area contributed by atoms with Crippen LogP contribution in [0.25, 0.3) is 0 Å². The quantitative estimate of drug-likeness (QED) is 0.717. The van der Waals surface area contributed by atoms with Crippen molar-refractivity contribution in [3.05, 3.63) is 66.4 Å². The Labute approximate surface area is 155 Å². The second-order valence-corrected chi connectivity index (χ2v) is 5.78. The summed E-state index contributed by atoms with van der Waals surface area (Å²) in [4.78, 5) is 16.8. The minimum absolute atomic E-state index is 0.190. The molecule has 0 radical (unpaired) electrons. The van der Waals surface area contributed by atoms with Crippen LogP contribution in [-0.2, 0) is 0 Å². The number of hydrogen-bond donors (Lipinski definition) is 2. The van der Waals surface area contributed by atoms with Crippen LogP contribution in [0.4, 0.5) is 17.2 Å². The van der Waals surface area contributed by atoms with Gasteiger partial charge in [0.05, 0.1) is 12.8 Å². The number of rotatable bonds is 5. The molecular formula is C20H17N3O4. The monoisotopic (exact) mass is 363 g/mol. The number of nitrogens with one attached hydrogen (secondary N) is 2. The van der Waals surface area contributed by atoms with Gasteiger partial charge in [-0.25, -0.2) is 4.98 Å². The first-order chi connectivity index (χ1) is 13.2. The van der Waals surface area contributed by atoms with Crippen LogP contribution in [0.2, 0.25) is 0 Å². The number of aromatic nitrogens is 1. The maximum Gasteiger partial charge on any atom is 0.255 e. The van der Waals surface area contributed by atoms with Gasteiger partial charge in [0.1, 0.15) is 11.6 Å². The van der Waals surface area contributed by atoms with Crippen LogP contribution < -0.4 is 24.8 Å². The van der Waals surface area contributed by atoms with E-state index in [1.165, 1.54) is 0 Å². The molecule has 2 aromatic carbocycles. The Bertz CT molecular complexity index is 990. The standard InChI is InChI=1S/C20H17N3O4/c1-25-16-5-3-2-4-15(16)23-19-10-13(8-9-21-19)20(24)22-14-6-7-17-18(11-14)27-12-26-17/h2-11H,12H2,1H3,(H,21,23)(H,22,24). The molecule has 3 aromatic rings. The Morgan fingerprint density at radius 2 is 1.93 bits per heavy atom. The van der Waals surface area contributed by atoms with Crippen molar-refractivity contribution < 1.29 is 19.0 Å². The molecule has 1 aliphatic heterocycles. The molecule has 27 heavy (non-hydrogen) atoms. The van der Waals surface area contributed by atoms with E-state index in [1.807, 2.05) is 24.3 Å². The Morgan fingerprint density at radius 3 is 2.81 bits per heavy atom. The van der Waals surface area contributed by atoms with Gasteiger partial charge in [0.25, 0.3) is 5.91 Å². The number of fused-ring (bicyclic) bond motifs is 1. The largest absolute Gasteiger partial charge is 0.495 e. The maximum absolute atomic E-state index is 12.6. The Balaban J connectivity index is 1.51. The zero-order chi connectivity index (χ0) is 18.6. The Hall–Kier alpha value is -3.74. The van der Waals surface area contributed by atoms with Crippen molar-refractivity contribution in [3.8, 4) is 17.2 Å². The van der Waals surface area contributed by atoms with Crippen LogP contribution in [0, 0.1) is 0 Å². The fraction of sp³-hybridized carbons (Fsp3) is 0.100. The van der Waals surface area contributed by atoms with Crippen LogP contribution in [0.3, 0.4) is 0 Å². The fourth-order valence-electron chi connectivity index (χ4n) is 2.70. The molecule has 0 spiro atoms. The van der Waals surface area contributed by atoms with Crippen LogP contribution in [-0.4, -0.2) is 24.8 Å². The molecule has 0 saturated carbocycles. The molecule has 2 N–H and O–H groups in total. The van der Waals surface area contributed by atoms with Gasteiger partial charge < -0.3 is 24.8 Å². The van der Waals surface area contributed by atoms with Gasteiger partial charge >= 0.3 is 0 Å². The third-order valence-corrected chi connectivity index (χ3v) is 4.02. The molecule has 4 rings (SSSR count). The van der Waals surface area contributed by atoms with Gasteiger partial charge in [-0.3, -0.25) is 4.79 Å². The number of ether oxygens (including phenoxy) is 3. The highest BCUT2D eigenvalue weighted by molar-refractivity contribution is 6.04. The first-order valence-corrected chi connectivity index (χ1v) is 8.30. The third-order valence-electron chi connectivity index (χ3n) is 4.02. The number of methoxy groups -OCH3 is 1. The molecule has 7 heteroatoms. The van der Waals surface area contributed by atoms with Crippen molar-refractivity contribution in [2.75, 3.05) is 24.5 Å². The van der Waals surface area contributed by atoms with Gasteiger partial charge in [-0.15, -0.1) is 0 Å². The number of benzene rings is 2. The van der Waals surface area contributed by atoms with Crippen LogP contribution in [0.5, 0.6) is 17.2 Å². The summed E-state index contributed by atoms with van der Waals surface area (Å²) < 4.78 is 15.9. The summed E-state index contributed by atoms with van der Waals surface area (Å²) in [6, 6.07) is 16.1. The van der Waals surface area contributed by atoms with E-state index in [9.17, 15) is 4.79 Å². The Kier molecular flexibility index (Phi) is 4.49. The minimum Gasteiger partial charge on any atom is -0.495 e. The van der Waals surface area contributed by atoms with Crippen LogP contribution in [0.1, 0.15) is 10.4 Å². The molecule has 2 heterocycles. The van der Waals surface area contributed by atoms with E-state index in [2.05, 4.69) is 15.6 Å². The average Bonchev–Trinajstić information content (AvgIpc) is 3.16. The molecule has 136 valence electrons. The zero-order valence-corrected chi connectivity index (χ0v) is 14.6. The van der Waals surface area contributed by atoms with E-state index in [1.54, 1.807) is 43.6 Å². The van der Waals surface area contributed by atoms with Crippen molar-refractivity contribution in [1.82, 2.24) is 4.98 Å². The minimum atomic E-state index is -0.251. The summed E-state index contributed by atoms with van der Waals surface area (Å²) in [5.74, 6) is 2.26. The summed E-state index contributed by atoms with van der Waals surface area (Å²) in [7, 11) is 1.60. The lowest BCUT2D eigenvalue weighted by Crippen LogP contribution is -2.12. The molecule has 1 aromatic heterocycles. The molecule has 0 fully saturated rings. The van der Waals surface area contributed by atoms with E-state index in [-0.39, 0.29) is 12.7 Å². The number of hydrogen-bond acceptors (Lipinski definition) is 6. The summed E-state index contributed by atoms with van der Waals surface area (Å²) in [6.45, 7) is 0.190. The van der Waals surface area contributed by atoms with Gasteiger partial charge in [-0.2, -0.15) is 0 Å². The van der Waals surface area contributed by atoms with Crippen molar-refractivity contribution >= 4 is 23.1 Å². The number of nitrogens with zero attached hydrogens (tertiary/aromatic N) is 1. The average molecular weight is 363 g/mol. The van der Waals surface area contributed by atoms with Crippen LogP contribution in [0.15, 0.2) is 60.8 Å². The number of amides is 1. The molecule has 7 nitrogen and oxygen atoms in total. The second kappa shape index (κ2) is 7.25. The van der Waals surface area contributed by atoms with Crippen molar-refractivity contribution in [2.24, 2.45) is 0 Å². The van der Waals surface area contributed by atoms with Crippen molar-refractivity contribution in [2.45, 2.75) is 0 Å². The maximum atomic E-state index is 12.6. The van der Waals surface area contributed by atoms with E-state index < -0.39 is 0 Å². The second-order valence-electron chi connectivity index (χ2n) is 5.78. The molecule has 0 saturated heterocycles. The topological polar surface area (TPSA) is 81.7 Å². The molecule has 1 amide bonds. The van der Waals surface area contributed by atoms with Gasteiger partial charge in [-0.05, 0) is 36.4 Å². The summed E-state index contributed by atoms with van der Waals surface area (Å²) in [5, 5.41) is 6.01. The number of pyridine rings is 1. The lowest BCUT2D eigenvalue weighted by molar-refractivity contribution is 0.102. The van der Waals surface area contributed by atoms with E-state index in [4.69, 9.17) is 14.2 Å². The van der Waals surface area contributed by atoms with E-state index in [0.717, 1.165) is 5.69 Å². The van der Waals surface area contributed by atoms with Crippen LogP contribution >= 0.6 is 0 Å². The molecule has 0 aliphatic carbocycles. The number of carbonyl (C=O) groups excluding carboxylic acids is 1. The van der Waals surface area contributed by atoms with Gasteiger partial charge in [0, 0.05) is 23.5 Å². The van der Waals surface area contributed by atoms with E-state index >= 15 is 0 Å². The highest BCUT2D eigenvalue weighted by Crippen LogP contribution is 2.34. The lowest BCUT2D eigenvalue weighted by atomic mass is 10.2. The van der Waals surface area contributed by atoms with Crippen molar-refractivity contribution in [3.63, 3.8) is 0 Å². The number of anilines is 3. The first kappa shape index (κ1) is 16.7. The summed E-state index contributed by atoms with van der Waals surface area (Å²) in [6.07, 6.45) is 1.58. The van der Waals surface area contributed by atoms with Gasteiger partial charge in [-0.1, -0.05) is 12.1 Å². The van der Waals surface area contributed by atoms with E-state index in [0.29, 0.717) is 34.3 Å². The molecule has 1 aliphatic rings. The highest BCUT2D eigenvalue weighted by Gasteiger charge is 2.15. The summed E-state index contributed by atoms with van der Waals surface area (Å²) in [5.41, 5.74) is 1.86. The fourth-order valence-corrected chi connectivity index (χ4v) is 2.70. The molecule has 0 bridgehead atoms. The normalized spacial score (nSPS) is 11.7. The highest BCUT2D eigenvalue weighted by atomic mass is 16.7. The molecular weight excluding hydrogens is 346 g/mol. The first-order valence-electron chi connectivity index (χ1n) is 8.30. The number of para-hydroxylation sites is 2. The lowest BCUT2D eigenvalue weighted by Gasteiger charge is -2.11.